The molecule has 2 atom stereocenters. The lowest BCUT2D eigenvalue weighted by atomic mass is 10.1. The summed E-state index contributed by atoms with van der Waals surface area (Å²) in [5.41, 5.74) is 2.54. The van der Waals surface area contributed by atoms with Gasteiger partial charge in [0, 0.05) is 11.8 Å². The molecule has 176 valence electrons. The van der Waals surface area contributed by atoms with E-state index in [1.54, 1.807) is 32.4 Å². The lowest BCUT2D eigenvalue weighted by Gasteiger charge is -2.28. The number of anilines is 2. The predicted molar refractivity (Wildman–Crippen MR) is 133 cm³/mol. The average Bonchev–Trinajstić information content (AvgIpc) is 3.28. The number of sulfone groups is 1. The number of methoxy groups -OCH3 is 2. The van der Waals surface area contributed by atoms with E-state index in [-0.39, 0.29) is 35.2 Å². The Hall–Kier alpha value is -2.72. The molecule has 0 aromatic heterocycles. The van der Waals surface area contributed by atoms with Crippen molar-refractivity contribution in [1.82, 2.24) is 0 Å². The van der Waals surface area contributed by atoms with Crippen LogP contribution in [0.5, 0.6) is 11.5 Å². The van der Waals surface area contributed by atoms with Crippen LogP contribution in [0.2, 0.25) is 0 Å². The second kappa shape index (κ2) is 9.64. The number of amides is 1. The van der Waals surface area contributed by atoms with E-state index in [1.165, 1.54) is 11.8 Å². The fraction of sp³-hybridized carbons (Fsp3) is 0.391. The van der Waals surface area contributed by atoms with E-state index >= 15 is 0 Å². The summed E-state index contributed by atoms with van der Waals surface area (Å²) >= 11 is 1.29. The van der Waals surface area contributed by atoms with Crippen LogP contribution in [-0.2, 0) is 21.1 Å². The molecule has 2 aliphatic heterocycles. The molecule has 0 saturated carbocycles. The normalized spacial score (nSPS) is 20.8. The van der Waals surface area contributed by atoms with E-state index in [0.29, 0.717) is 22.4 Å². The molecule has 2 aromatic rings. The number of rotatable bonds is 7. The minimum absolute atomic E-state index is 0.000578. The third-order valence-electron chi connectivity index (χ3n) is 5.76. The highest BCUT2D eigenvalue weighted by molar-refractivity contribution is 8.14. The molecule has 0 bridgehead atoms. The van der Waals surface area contributed by atoms with Gasteiger partial charge in [-0.1, -0.05) is 36.9 Å². The maximum atomic E-state index is 12.7. The molecule has 1 saturated heterocycles. The number of aliphatic imine (C=N–C) groups is 1. The van der Waals surface area contributed by atoms with Crippen molar-refractivity contribution in [3.8, 4) is 11.5 Å². The number of amidine groups is 1. The fourth-order valence-electron chi connectivity index (χ4n) is 4.17. The first-order chi connectivity index (χ1) is 15.8. The maximum absolute atomic E-state index is 12.7. The van der Waals surface area contributed by atoms with Crippen LogP contribution in [-0.4, -0.2) is 63.1 Å². The van der Waals surface area contributed by atoms with Gasteiger partial charge in [-0.2, -0.15) is 0 Å². The number of nitrogens with zero attached hydrogens (tertiary/aromatic N) is 2. The van der Waals surface area contributed by atoms with E-state index in [2.05, 4.69) is 5.32 Å². The Kier molecular flexibility index (Phi) is 6.85. The van der Waals surface area contributed by atoms with Crippen LogP contribution in [0.1, 0.15) is 12.5 Å². The number of carbonyl (C=O) groups excluding carboxylic acids is 1. The second-order valence-corrected chi connectivity index (χ2v) is 11.0. The Labute approximate surface area is 198 Å². The molecule has 0 radical (unpaired) electrons. The van der Waals surface area contributed by atoms with Crippen LogP contribution in [0, 0.1) is 0 Å². The van der Waals surface area contributed by atoms with Gasteiger partial charge in [0.15, 0.2) is 15.0 Å². The van der Waals surface area contributed by atoms with Crippen molar-refractivity contribution in [1.29, 1.82) is 0 Å². The molecular formula is C23H27N3O5S2. The summed E-state index contributed by atoms with van der Waals surface area (Å²) in [6, 6.07) is 12.4. The Morgan fingerprint density at radius 3 is 2.70 bits per heavy atom. The van der Waals surface area contributed by atoms with E-state index in [4.69, 9.17) is 14.5 Å². The van der Waals surface area contributed by atoms with E-state index in [9.17, 15) is 13.2 Å². The number of hydrogen-bond acceptors (Lipinski definition) is 8. The van der Waals surface area contributed by atoms with Gasteiger partial charge < -0.3 is 19.7 Å². The first kappa shape index (κ1) is 23.4. The third-order valence-corrected chi connectivity index (χ3v) is 8.42. The fourth-order valence-corrected chi connectivity index (χ4v) is 6.93. The number of para-hydroxylation sites is 1. The molecule has 8 nitrogen and oxygen atoms in total. The summed E-state index contributed by atoms with van der Waals surface area (Å²) in [6.45, 7) is 2.04. The smallest absolute Gasteiger partial charge is 0.234 e. The maximum Gasteiger partial charge on any atom is 0.234 e. The second-order valence-electron chi connectivity index (χ2n) is 7.88. The van der Waals surface area contributed by atoms with Gasteiger partial charge in [-0.15, -0.1) is 0 Å². The van der Waals surface area contributed by atoms with E-state index in [1.807, 2.05) is 36.1 Å². The van der Waals surface area contributed by atoms with Crippen molar-refractivity contribution in [2.24, 2.45) is 4.99 Å². The van der Waals surface area contributed by atoms with Crippen LogP contribution in [0.15, 0.2) is 47.5 Å². The molecule has 2 heterocycles. The molecule has 0 unspecified atom stereocenters. The number of aryl methyl sites for hydroxylation is 1. The van der Waals surface area contributed by atoms with Crippen LogP contribution in [0.25, 0.3) is 0 Å². The molecule has 0 aliphatic carbocycles. The summed E-state index contributed by atoms with van der Waals surface area (Å²) in [7, 11) is -0.0617. The van der Waals surface area contributed by atoms with Crippen molar-refractivity contribution >= 4 is 44.0 Å². The predicted octanol–water partition coefficient (Wildman–Crippen LogP) is 2.98. The number of benzene rings is 2. The molecule has 2 aromatic carbocycles. The van der Waals surface area contributed by atoms with Crippen molar-refractivity contribution in [2.45, 2.75) is 25.4 Å². The number of carbonyl (C=O) groups is 1. The molecule has 1 amide bonds. The van der Waals surface area contributed by atoms with Crippen LogP contribution >= 0.6 is 11.8 Å². The largest absolute Gasteiger partial charge is 0.497 e. The van der Waals surface area contributed by atoms with Gasteiger partial charge >= 0.3 is 0 Å². The molecule has 2 aliphatic rings. The Morgan fingerprint density at radius 1 is 1.18 bits per heavy atom. The van der Waals surface area contributed by atoms with Crippen molar-refractivity contribution in [2.75, 3.05) is 41.7 Å². The van der Waals surface area contributed by atoms with Crippen molar-refractivity contribution in [3.05, 3.63) is 48.0 Å². The summed E-state index contributed by atoms with van der Waals surface area (Å²) in [5, 5.41) is 3.57. The number of ether oxygens (including phenoxy) is 2. The van der Waals surface area contributed by atoms with Gasteiger partial charge in [-0.3, -0.25) is 9.79 Å². The molecular weight excluding hydrogens is 462 g/mol. The number of nitrogens with one attached hydrogen (secondary N) is 1. The number of fused-ring (bicyclic) bond motifs is 1. The van der Waals surface area contributed by atoms with Crippen LogP contribution in [0.4, 0.5) is 11.4 Å². The third kappa shape index (κ3) is 4.96. The van der Waals surface area contributed by atoms with Gasteiger partial charge in [0.2, 0.25) is 5.91 Å². The summed E-state index contributed by atoms with van der Waals surface area (Å²) < 4.78 is 35.5. The highest BCUT2D eigenvalue weighted by atomic mass is 32.2. The summed E-state index contributed by atoms with van der Waals surface area (Å²) in [4.78, 5) is 19.3. The lowest BCUT2D eigenvalue weighted by Crippen LogP contribution is -2.39. The SMILES string of the molecule is CCc1ccccc1NC(=O)CSC1=N[C@H]2CS(=O)(=O)C[C@H]2N1c1cc(OC)ccc1OC. The van der Waals surface area contributed by atoms with E-state index in [0.717, 1.165) is 17.7 Å². The Morgan fingerprint density at radius 2 is 1.97 bits per heavy atom. The van der Waals surface area contributed by atoms with Crippen molar-refractivity contribution < 1.29 is 22.7 Å². The molecule has 33 heavy (non-hydrogen) atoms. The van der Waals surface area contributed by atoms with Gasteiger partial charge in [0.05, 0.1) is 49.2 Å². The monoisotopic (exact) mass is 489 g/mol. The first-order valence-electron chi connectivity index (χ1n) is 10.6. The molecule has 4 rings (SSSR count). The molecule has 10 heteroatoms. The van der Waals surface area contributed by atoms with Crippen LogP contribution < -0.4 is 19.7 Å². The van der Waals surface area contributed by atoms with Crippen molar-refractivity contribution in [3.63, 3.8) is 0 Å². The zero-order valence-electron chi connectivity index (χ0n) is 18.8. The van der Waals surface area contributed by atoms with Gasteiger partial charge in [-0.05, 0) is 30.2 Å². The highest BCUT2D eigenvalue weighted by Crippen LogP contribution is 2.41. The average molecular weight is 490 g/mol. The zero-order chi connectivity index (χ0) is 23.6. The number of thioether (sulfide) groups is 1. The number of hydrogen-bond donors (Lipinski definition) is 1. The van der Waals surface area contributed by atoms with Gasteiger partial charge in [-0.25, -0.2) is 8.42 Å². The van der Waals surface area contributed by atoms with Gasteiger partial charge in [0.1, 0.15) is 11.5 Å². The quantitative estimate of drug-likeness (QED) is 0.639. The molecule has 0 spiro atoms. The lowest BCUT2D eigenvalue weighted by molar-refractivity contribution is -0.113. The molecule has 1 N–H and O–H groups in total. The molecule has 1 fully saturated rings. The summed E-state index contributed by atoms with van der Waals surface area (Å²) in [5.74, 6) is 1.20. The minimum atomic E-state index is -3.19. The summed E-state index contributed by atoms with van der Waals surface area (Å²) in [6.07, 6.45) is 0.817. The highest BCUT2D eigenvalue weighted by Gasteiger charge is 2.48. The topological polar surface area (TPSA) is 97.3 Å². The van der Waals surface area contributed by atoms with E-state index < -0.39 is 9.84 Å². The van der Waals surface area contributed by atoms with Crippen LogP contribution in [0.3, 0.4) is 0 Å². The Balaban J connectivity index is 1.58. The van der Waals surface area contributed by atoms with Gasteiger partial charge in [0.25, 0.3) is 0 Å². The minimum Gasteiger partial charge on any atom is -0.497 e. The zero-order valence-corrected chi connectivity index (χ0v) is 20.4. The standard InChI is InChI=1S/C23H27N3O5S2/c1-4-15-7-5-6-8-17(15)24-22(27)12-32-23-25-18-13-33(28,29)14-20(18)26(23)19-11-16(30-2)9-10-21(19)31-3/h5-11,18,20H,4,12-14H2,1-3H3,(H,24,27)/t18-,20+/m0/s1. The first-order valence-corrected chi connectivity index (χ1v) is 13.5. The Bertz CT molecular complexity index is 1180.